The number of hydrogen-bond acceptors (Lipinski definition) is 1. The number of hydrogen-bond donors (Lipinski definition) is 2. The monoisotopic (exact) mass is 186 g/mol. The standard InChI is InChI=1S/C12H14N2/c1-2-9-3-4-12-10(7-9)8-11(14-12)5-6-13/h2-4,7-8,14H,1,5-6,13H2. The molecule has 0 aliphatic carbocycles. The molecule has 1 aromatic carbocycles. The molecule has 0 saturated carbocycles. The molecule has 0 saturated heterocycles. The Balaban J connectivity index is 2.48. The van der Waals surface area contributed by atoms with Gasteiger partial charge in [-0.1, -0.05) is 18.7 Å². The van der Waals surface area contributed by atoms with Crippen LogP contribution in [-0.2, 0) is 6.42 Å². The van der Waals surface area contributed by atoms with Crippen LogP contribution < -0.4 is 5.73 Å². The highest BCUT2D eigenvalue weighted by molar-refractivity contribution is 5.82. The molecule has 0 aliphatic rings. The van der Waals surface area contributed by atoms with Crippen LogP contribution in [0.25, 0.3) is 17.0 Å². The van der Waals surface area contributed by atoms with Crippen LogP contribution in [0.3, 0.4) is 0 Å². The Morgan fingerprint density at radius 2 is 2.21 bits per heavy atom. The third kappa shape index (κ3) is 1.56. The van der Waals surface area contributed by atoms with Gasteiger partial charge in [0.1, 0.15) is 0 Å². The minimum Gasteiger partial charge on any atom is -0.358 e. The molecule has 0 spiro atoms. The fraction of sp³-hybridized carbons (Fsp3) is 0.167. The van der Waals surface area contributed by atoms with Crippen molar-refractivity contribution in [3.8, 4) is 0 Å². The number of aromatic amines is 1. The van der Waals surface area contributed by atoms with Gasteiger partial charge in [-0.25, -0.2) is 0 Å². The van der Waals surface area contributed by atoms with E-state index < -0.39 is 0 Å². The fourth-order valence-corrected chi connectivity index (χ4v) is 1.63. The zero-order valence-corrected chi connectivity index (χ0v) is 8.09. The molecule has 14 heavy (non-hydrogen) atoms. The Morgan fingerprint density at radius 3 is 2.93 bits per heavy atom. The summed E-state index contributed by atoms with van der Waals surface area (Å²) in [5.41, 5.74) is 9.01. The van der Waals surface area contributed by atoms with Gasteiger partial charge in [0.25, 0.3) is 0 Å². The summed E-state index contributed by atoms with van der Waals surface area (Å²) >= 11 is 0. The van der Waals surface area contributed by atoms with Gasteiger partial charge < -0.3 is 10.7 Å². The molecule has 2 rings (SSSR count). The lowest BCUT2D eigenvalue weighted by Gasteiger charge is -1.92. The minimum absolute atomic E-state index is 0.682. The second-order valence-corrected chi connectivity index (χ2v) is 3.38. The molecular formula is C12H14N2. The van der Waals surface area contributed by atoms with Gasteiger partial charge in [-0.05, 0) is 36.7 Å². The second kappa shape index (κ2) is 3.68. The van der Waals surface area contributed by atoms with Gasteiger partial charge in [-0.15, -0.1) is 0 Å². The van der Waals surface area contributed by atoms with Crippen molar-refractivity contribution in [3.63, 3.8) is 0 Å². The number of H-pyrrole nitrogens is 1. The summed E-state index contributed by atoms with van der Waals surface area (Å²) in [7, 11) is 0. The zero-order valence-electron chi connectivity index (χ0n) is 8.09. The van der Waals surface area contributed by atoms with E-state index in [-0.39, 0.29) is 0 Å². The molecule has 0 fully saturated rings. The summed E-state index contributed by atoms with van der Waals surface area (Å²) in [5, 5.41) is 1.23. The van der Waals surface area contributed by atoms with Crippen LogP contribution >= 0.6 is 0 Å². The predicted octanol–water partition coefficient (Wildman–Crippen LogP) is 2.31. The van der Waals surface area contributed by atoms with E-state index in [1.165, 1.54) is 16.6 Å². The van der Waals surface area contributed by atoms with Gasteiger partial charge in [0, 0.05) is 16.6 Å². The van der Waals surface area contributed by atoms with Crippen molar-refractivity contribution in [2.75, 3.05) is 6.54 Å². The lowest BCUT2D eigenvalue weighted by molar-refractivity contribution is 0.940. The van der Waals surface area contributed by atoms with E-state index in [1.54, 1.807) is 0 Å². The molecule has 2 nitrogen and oxygen atoms in total. The normalized spacial score (nSPS) is 10.6. The Kier molecular flexibility index (Phi) is 2.37. The molecule has 1 heterocycles. The molecule has 0 atom stereocenters. The molecule has 0 aliphatic heterocycles. The van der Waals surface area contributed by atoms with Crippen molar-refractivity contribution in [3.05, 3.63) is 42.1 Å². The number of benzene rings is 1. The van der Waals surface area contributed by atoms with Crippen molar-refractivity contribution < 1.29 is 0 Å². The number of nitrogens with two attached hydrogens (primary N) is 1. The topological polar surface area (TPSA) is 41.8 Å². The third-order valence-corrected chi connectivity index (χ3v) is 2.35. The van der Waals surface area contributed by atoms with Crippen LogP contribution in [0.5, 0.6) is 0 Å². The number of aromatic nitrogens is 1. The molecule has 0 unspecified atom stereocenters. The van der Waals surface area contributed by atoms with Gasteiger partial charge in [-0.3, -0.25) is 0 Å². The van der Waals surface area contributed by atoms with Gasteiger partial charge in [0.05, 0.1) is 0 Å². The summed E-state index contributed by atoms with van der Waals surface area (Å²) in [6.07, 6.45) is 2.76. The summed E-state index contributed by atoms with van der Waals surface area (Å²) in [6, 6.07) is 8.40. The van der Waals surface area contributed by atoms with Gasteiger partial charge in [-0.2, -0.15) is 0 Å². The first-order chi connectivity index (χ1) is 6.83. The average Bonchev–Trinajstić information content (AvgIpc) is 2.59. The first-order valence-electron chi connectivity index (χ1n) is 4.77. The highest BCUT2D eigenvalue weighted by Crippen LogP contribution is 2.17. The van der Waals surface area contributed by atoms with Crippen LogP contribution in [-0.4, -0.2) is 11.5 Å². The van der Waals surface area contributed by atoms with E-state index in [9.17, 15) is 0 Å². The molecular weight excluding hydrogens is 172 g/mol. The summed E-state index contributed by atoms with van der Waals surface area (Å²) < 4.78 is 0. The molecule has 2 heteroatoms. The molecule has 1 aromatic heterocycles. The van der Waals surface area contributed by atoms with Crippen molar-refractivity contribution in [1.29, 1.82) is 0 Å². The minimum atomic E-state index is 0.682. The van der Waals surface area contributed by atoms with Gasteiger partial charge in [0.15, 0.2) is 0 Å². The maximum absolute atomic E-state index is 5.50. The Labute approximate surface area is 83.4 Å². The van der Waals surface area contributed by atoms with Crippen molar-refractivity contribution in [1.82, 2.24) is 4.98 Å². The van der Waals surface area contributed by atoms with E-state index >= 15 is 0 Å². The number of nitrogens with one attached hydrogen (secondary N) is 1. The SMILES string of the molecule is C=Cc1ccc2[nH]c(CCN)cc2c1. The molecule has 0 bridgehead atoms. The van der Waals surface area contributed by atoms with E-state index in [0.29, 0.717) is 6.54 Å². The average molecular weight is 186 g/mol. The zero-order chi connectivity index (χ0) is 9.97. The van der Waals surface area contributed by atoms with Crippen molar-refractivity contribution >= 4 is 17.0 Å². The molecule has 2 aromatic rings. The molecule has 0 radical (unpaired) electrons. The quantitative estimate of drug-likeness (QED) is 0.758. The second-order valence-electron chi connectivity index (χ2n) is 3.38. The van der Waals surface area contributed by atoms with Crippen LogP contribution in [0.1, 0.15) is 11.3 Å². The highest BCUT2D eigenvalue weighted by Gasteiger charge is 1.99. The van der Waals surface area contributed by atoms with Crippen LogP contribution in [0.15, 0.2) is 30.8 Å². The van der Waals surface area contributed by atoms with E-state index in [1.807, 2.05) is 6.08 Å². The summed E-state index contributed by atoms with van der Waals surface area (Å²) in [5.74, 6) is 0. The smallest absolute Gasteiger partial charge is 0.0456 e. The van der Waals surface area contributed by atoms with Crippen LogP contribution in [0, 0.1) is 0 Å². The lowest BCUT2D eigenvalue weighted by atomic mass is 10.1. The van der Waals surface area contributed by atoms with Gasteiger partial charge >= 0.3 is 0 Å². The molecule has 0 amide bonds. The van der Waals surface area contributed by atoms with Crippen LogP contribution in [0.2, 0.25) is 0 Å². The largest absolute Gasteiger partial charge is 0.358 e. The maximum atomic E-state index is 5.50. The van der Waals surface area contributed by atoms with Crippen molar-refractivity contribution in [2.24, 2.45) is 5.73 Å². The fourth-order valence-electron chi connectivity index (χ4n) is 1.63. The predicted molar refractivity (Wildman–Crippen MR) is 61.1 cm³/mol. The number of rotatable bonds is 3. The molecule has 3 N–H and O–H groups in total. The summed E-state index contributed by atoms with van der Waals surface area (Å²) in [4.78, 5) is 3.33. The van der Waals surface area contributed by atoms with Crippen LogP contribution in [0.4, 0.5) is 0 Å². The lowest BCUT2D eigenvalue weighted by Crippen LogP contribution is -2.02. The van der Waals surface area contributed by atoms with E-state index in [0.717, 1.165) is 12.0 Å². The van der Waals surface area contributed by atoms with E-state index in [2.05, 4.69) is 35.8 Å². The third-order valence-electron chi connectivity index (χ3n) is 2.35. The highest BCUT2D eigenvalue weighted by atomic mass is 14.7. The Morgan fingerprint density at radius 1 is 1.36 bits per heavy atom. The Hall–Kier alpha value is -1.54. The number of fused-ring (bicyclic) bond motifs is 1. The van der Waals surface area contributed by atoms with Crippen molar-refractivity contribution in [2.45, 2.75) is 6.42 Å². The maximum Gasteiger partial charge on any atom is 0.0456 e. The molecule has 72 valence electrons. The first-order valence-corrected chi connectivity index (χ1v) is 4.77. The summed E-state index contributed by atoms with van der Waals surface area (Å²) in [6.45, 7) is 4.43. The Bertz CT molecular complexity index is 454. The van der Waals surface area contributed by atoms with E-state index in [4.69, 9.17) is 5.73 Å². The van der Waals surface area contributed by atoms with Gasteiger partial charge in [0.2, 0.25) is 0 Å². The first kappa shape index (κ1) is 9.03.